The Morgan fingerprint density at radius 2 is 2.18 bits per heavy atom. The molecule has 0 aliphatic carbocycles. The number of carbonyl (C=O) groups is 1. The molecule has 4 nitrogen and oxygen atoms in total. The lowest BCUT2D eigenvalue weighted by Gasteiger charge is -2.35. The number of nitrogens with zero attached hydrogens (tertiary/aromatic N) is 1. The van der Waals surface area contributed by atoms with Crippen molar-refractivity contribution in [2.75, 3.05) is 19.7 Å². The zero-order chi connectivity index (χ0) is 12.0. The molecule has 1 fully saturated rings. The van der Waals surface area contributed by atoms with Gasteiger partial charge in [0.25, 0.3) is 0 Å². The van der Waals surface area contributed by atoms with Gasteiger partial charge in [0.2, 0.25) is 5.91 Å². The summed E-state index contributed by atoms with van der Waals surface area (Å²) in [6.45, 7) is 5.62. The van der Waals surface area contributed by atoms with Crippen LogP contribution >= 0.6 is 12.4 Å². The van der Waals surface area contributed by atoms with Crippen molar-refractivity contribution in [2.24, 2.45) is 5.73 Å². The number of amides is 1. The van der Waals surface area contributed by atoms with E-state index in [4.69, 9.17) is 10.5 Å². The lowest BCUT2D eigenvalue weighted by molar-refractivity contribution is -0.141. The van der Waals surface area contributed by atoms with Crippen molar-refractivity contribution < 1.29 is 9.53 Å². The molecule has 1 amide bonds. The Morgan fingerprint density at radius 3 is 2.76 bits per heavy atom. The number of carbonyl (C=O) groups excluding carboxylic acids is 1. The fourth-order valence-electron chi connectivity index (χ4n) is 2.14. The smallest absolute Gasteiger partial charge is 0.248 e. The highest BCUT2D eigenvalue weighted by Crippen LogP contribution is 2.19. The van der Waals surface area contributed by atoms with E-state index in [1.54, 1.807) is 0 Å². The van der Waals surface area contributed by atoms with Crippen LogP contribution in [0.25, 0.3) is 0 Å². The van der Waals surface area contributed by atoms with Crippen molar-refractivity contribution in [3.63, 3.8) is 0 Å². The van der Waals surface area contributed by atoms with Crippen molar-refractivity contribution in [3.05, 3.63) is 0 Å². The minimum atomic E-state index is 0. The SMILES string of the molecule is CC(C)OCC(=O)N1CCCCC1CCN.Cl. The van der Waals surface area contributed by atoms with Gasteiger partial charge >= 0.3 is 0 Å². The second-order valence-electron chi connectivity index (χ2n) is 4.67. The van der Waals surface area contributed by atoms with Gasteiger partial charge in [-0.15, -0.1) is 12.4 Å². The normalized spacial score (nSPS) is 20.2. The number of nitrogens with two attached hydrogens (primary N) is 1. The van der Waals surface area contributed by atoms with Crippen LogP contribution in [-0.2, 0) is 9.53 Å². The number of hydrogen-bond donors (Lipinski definition) is 1. The van der Waals surface area contributed by atoms with E-state index in [1.807, 2.05) is 18.7 Å². The third-order valence-electron chi connectivity index (χ3n) is 2.99. The third-order valence-corrected chi connectivity index (χ3v) is 2.99. The Labute approximate surface area is 110 Å². The van der Waals surface area contributed by atoms with Crippen molar-refractivity contribution in [2.45, 2.75) is 51.7 Å². The summed E-state index contributed by atoms with van der Waals surface area (Å²) in [4.78, 5) is 13.9. The second kappa shape index (κ2) is 8.72. The van der Waals surface area contributed by atoms with E-state index in [2.05, 4.69) is 0 Å². The molecule has 1 atom stereocenters. The van der Waals surface area contributed by atoms with Gasteiger partial charge in [-0.05, 0) is 46.1 Å². The number of piperidine rings is 1. The standard InChI is InChI=1S/C12H24N2O2.ClH/c1-10(2)16-9-12(15)14-8-4-3-5-11(14)6-7-13;/h10-11H,3-9,13H2,1-2H3;1H. The average Bonchev–Trinajstić information content (AvgIpc) is 2.27. The van der Waals surface area contributed by atoms with E-state index in [0.29, 0.717) is 12.6 Å². The summed E-state index contributed by atoms with van der Waals surface area (Å²) in [6, 6.07) is 0.335. The second-order valence-corrected chi connectivity index (χ2v) is 4.67. The highest BCUT2D eigenvalue weighted by atomic mass is 35.5. The molecule has 2 N–H and O–H groups in total. The van der Waals surface area contributed by atoms with E-state index >= 15 is 0 Å². The first-order valence-electron chi connectivity index (χ1n) is 6.26. The highest BCUT2D eigenvalue weighted by Gasteiger charge is 2.25. The number of ether oxygens (including phenoxy) is 1. The van der Waals surface area contributed by atoms with Crippen molar-refractivity contribution >= 4 is 18.3 Å². The molecule has 102 valence electrons. The Balaban J connectivity index is 0.00000256. The van der Waals surface area contributed by atoms with Crippen LogP contribution in [0.2, 0.25) is 0 Å². The monoisotopic (exact) mass is 264 g/mol. The molecule has 1 aliphatic heterocycles. The van der Waals surface area contributed by atoms with Crippen LogP contribution in [0.3, 0.4) is 0 Å². The van der Waals surface area contributed by atoms with E-state index in [0.717, 1.165) is 25.8 Å². The fourth-order valence-corrected chi connectivity index (χ4v) is 2.14. The van der Waals surface area contributed by atoms with Crippen molar-refractivity contribution in [1.29, 1.82) is 0 Å². The van der Waals surface area contributed by atoms with Gasteiger partial charge in [0.15, 0.2) is 0 Å². The Bertz CT molecular complexity index is 223. The summed E-state index contributed by atoms with van der Waals surface area (Å²) in [5, 5.41) is 0. The molecule has 1 aliphatic rings. The van der Waals surface area contributed by atoms with Crippen molar-refractivity contribution in [3.8, 4) is 0 Å². The lowest BCUT2D eigenvalue weighted by Crippen LogP contribution is -2.46. The third kappa shape index (κ3) is 5.70. The first kappa shape index (κ1) is 16.7. The molecule has 1 saturated heterocycles. The zero-order valence-electron chi connectivity index (χ0n) is 10.9. The van der Waals surface area contributed by atoms with Gasteiger partial charge in [-0.2, -0.15) is 0 Å². The number of hydrogen-bond acceptors (Lipinski definition) is 3. The maximum Gasteiger partial charge on any atom is 0.248 e. The summed E-state index contributed by atoms with van der Waals surface area (Å²) in [5.41, 5.74) is 5.57. The molecule has 17 heavy (non-hydrogen) atoms. The maximum atomic E-state index is 11.9. The predicted octanol–water partition coefficient (Wildman–Crippen LogP) is 1.56. The molecule has 1 rings (SSSR count). The highest BCUT2D eigenvalue weighted by molar-refractivity contribution is 5.85. The molecule has 0 radical (unpaired) electrons. The molecule has 0 aromatic carbocycles. The van der Waals surface area contributed by atoms with E-state index in [1.165, 1.54) is 6.42 Å². The van der Waals surface area contributed by atoms with Gasteiger partial charge < -0.3 is 15.4 Å². The van der Waals surface area contributed by atoms with Crippen molar-refractivity contribution in [1.82, 2.24) is 4.90 Å². The predicted molar refractivity (Wildman–Crippen MR) is 71.4 cm³/mol. The maximum absolute atomic E-state index is 11.9. The van der Waals surface area contributed by atoms with Crippen LogP contribution in [0.15, 0.2) is 0 Å². The first-order chi connectivity index (χ1) is 7.65. The van der Waals surface area contributed by atoms with Crippen LogP contribution in [0.4, 0.5) is 0 Å². The van der Waals surface area contributed by atoms with Crippen LogP contribution < -0.4 is 5.73 Å². The molecule has 0 aromatic rings. The van der Waals surface area contributed by atoms with Crippen LogP contribution in [0, 0.1) is 0 Å². The van der Waals surface area contributed by atoms with Crippen LogP contribution in [-0.4, -0.2) is 42.6 Å². The molecule has 0 spiro atoms. The molecular weight excluding hydrogens is 240 g/mol. The summed E-state index contributed by atoms with van der Waals surface area (Å²) < 4.78 is 5.36. The molecule has 0 aromatic heterocycles. The van der Waals surface area contributed by atoms with Gasteiger partial charge in [-0.1, -0.05) is 0 Å². The number of rotatable bonds is 5. The van der Waals surface area contributed by atoms with Gasteiger partial charge in [0.05, 0.1) is 6.10 Å². The number of likely N-dealkylation sites (tertiary alicyclic amines) is 1. The molecule has 1 heterocycles. The summed E-state index contributed by atoms with van der Waals surface area (Å²) in [7, 11) is 0. The van der Waals surface area contributed by atoms with Gasteiger partial charge in [-0.3, -0.25) is 4.79 Å². The van der Waals surface area contributed by atoms with Crippen LogP contribution in [0.1, 0.15) is 39.5 Å². The molecule has 0 bridgehead atoms. The summed E-state index contributed by atoms with van der Waals surface area (Å²) in [5.74, 6) is 0.117. The largest absolute Gasteiger partial charge is 0.369 e. The Morgan fingerprint density at radius 1 is 1.47 bits per heavy atom. The summed E-state index contributed by atoms with van der Waals surface area (Å²) >= 11 is 0. The first-order valence-corrected chi connectivity index (χ1v) is 6.26. The van der Waals surface area contributed by atoms with Gasteiger partial charge in [-0.25, -0.2) is 0 Å². The molecule has 0 saturated carbocycles. The lowest BCUT2D eigenvalue weighted by atomic mass is 9.99. The van der Waals surface area contributed by atoms with E-state index < -0.39 is 0 Å². The minimum Gasteiger partial charge on any atom is -0.369 e. The zero-order valence-corrected chi connectivity index (χ0v) is 11.7. The van der Waals surface area contributed by atoms with E-state index in [9.17, 15) is 4.79 Å². The van der Waals surface area contributed by atoms with Gasteiger partial charge in [0, 0.05) is 12.6 Å². The molecular formula is C12H25ClN2O2. The summed E-state index contributed by atoms with van der Waals surface area (Å²) in [6.07, 6.45) is 4.42. The average molecular weight is 265 g/mol. The Hall–Kier alpha value is -0.320. The van der Waals surface area contributed by atoms with Gasteiger partial charge in [0.1, 0.15) is 6.61 Å². The Kier molecular flexibility index (Phi) is 8.56. The van der Waals surface area contributed by atoms with E-state index in [-0.39, 0.29) is 31.0 Å². The minimum absolute atomic E-state index is 0. The topological polar surface area (TPSA) is 55.6 Å². The van der Waals surface area contributed by atoms with Crippen LogP contribution in [0.5, 0.6) is 0 Å². The quantitative estimate of drug-likeness (QED) is 0.820. The molecule has 5 heteroatoms. The molecule has 1 unspecified atom stereocenters. The fraction of sp³-hybridized carbons (Fsp3) is 0.917. The number of halogens is 1.